The molecule has 0 fully saturated rings. The van der Waals surface area contributed by atoms with Crippen LogP contribution in [-0.4, -0.2) is 11.5 Å². The van der Waals surface area contributed by atoms with E-state index in [0.29, 0.717) is 5.02 Å². The number of pyridine rings is 1. The predicted molar refractivity (Wildman–Crippen MR) is 60.3 cm³/mol. The van der Waals surface area contributed by atoms with Gasteiger partial charge in [0.15, 0.2) is 0 Å². The zero-order valence-electron chi connectivity index (χ0n) is 7.06. The summed E-state index contributed by atoms with van der Waals surface area (Å²) < 4.78 is 0.879. The van der Waals surface area contributed by atoms with Gasteiger partial charge in [-0.15, -0.1) is 6.58 Å². The highest BCUT2D eigenvalue weighted by Crippen LogP contribution is 2.22. The summed E-state index contributed by atoms with van der Waals surface area (Å²) in [7, 11) is 0. The number of nitrogens with zero attached hydrogens (tertiary/aromatic N) is 1. The molecule has 0 aliphatic rings. The molecule has 0 unspecified atom stereocenters. The van der Waals surface area contributed by atoms with Crippen LogP contribution in [0.15, 0.2) is 29.4 Å². The molecule has 13 heavy (non-hydrogen) atoms. The minimum atomic E-state index is 0.626. The van der Waals surface area contributed by atoms with Gasteiger partial charge in [0.2, 0.25) is 0 Å². The summed E-state index contributed by atoms with van der Waals surface area (Å²) in [6.45, 7) is 4.47. The molecule has 0 saturated carbocycles. The van der Waals surface area contributed by atoms with Gasteiger partial charge in [-0.25, -0.2) is 4.98 Å². The summed E-state index contributed by atoms with van der Waals surface area (Å²) in [5.41, 5.74) is 0. The number of nitrogens with one attached hydrogen (secondary N) is 1. The quantitative estimate of drug-likeness (QED) is 0.663. The zero-order valence-corrected chi connectivity index (χ0v) is 9.40. The summed E-state index contributed by atoms with van der Waals surface area (Å²) in [6.07, 6.45) is 4.39. The summed E-state index contributed by atoms with van der Waals surface area (Å²) >= 11 is 9.11. The molecule has 1 aromatic heterocycles. The number of halogens is 2. The highest BCUT2D eigenvalue weighted by Gasteiger charge is 2.00. The van der Waals surface area contributed by atoms with Gasteiger partial charge in [-0.2, -0.15) is 0 Å². The highest BCUT2D eigenvalue weighted by molar-refractivity contribution is 9.10. The van der Waals surface area contributed by atoms with Crippen LogP contribution in [0.4, 0.5) is 5.82 Å². The molecule has 1 N–H and O–H groups in total. The first-order chi connectivity index (χ1) is 6.24. The van der Waals surface area contributed by atoms with E-state index in [-0.39, 0.29) is 0 Å². The molecular weight excluding hydrogens is 251 g/mol. The van der Waals surface area contributed by atoms with Crippen molar-refractivity contribution in [1.29, 1.82) is 0 Å². The zero-order chi connectivity index (χ0) is 9.68. The van der Waals surface area contributed by atoms with E-state index >= 15 is 0 Å². The van der Waals surface area contributed by atoms with Gasteiger partial charge in [-0.05, 0) is 28.4 Å². The van der Waals surface area contributed by atoms with E-state index < -0.39 is 0 Å². The van der Waals surface area contributed by atoms with Gasteiger partial charge in [-0.3, -0.25) is 0 Å². The highest BCUT2D eigenvalue weighted by atomic mass is 79.9. The van der Waals surface area contributed by atoms with Crippen LogP contribution in [0.3, 0.4) is 0 Å². The van der Waals surface area contributed by atoms with Crippen LogP contribution in [0.2, 0.25) is 5.02 Å². The number of hydrogen-bond acceptors (Lipinski definition) is 2. The fourth-order valence-electron chi connectivity index (χ4n) is 0.837. The maximum absolute atomic E-state index is 5.74. The van der Waals surface area contributed by atoms with E-state index in [2.05, 4.69) is 32.8 Å². The first-order valence-electron chi connectivity index (χ1n) is 3.90. The van der Waals surface area contributed by atoms with Crippen molar-refractivity contribution >= 4 is 33.3 Å². The van der Waals surface area contributed by atoms with E-state index in [0.717, 1.165) is 23.3 Å². The van der Waals surface area contributed by atoms with Gasteiger partial charge in [0, 0.05) is 12.7 Å². The Morgan fingerprint density at radius 1 is 1.69 bits per heavy atom. The molecular formula is C9H10BrClN2. The summed E-state index contributed by atoms with van der Waals surface area (Å²) in [6, 6.07) is 1.81. The Balaban J connectivity index is 2.61. The standard InChI is InChI=1S/C9H10BrClN2/c1-2-3-4-12-9-8(10)5-7(11)6-13-9/h2,5-6H,1,3-4H2,(H,12,13). The molecule has 1 rings (SSSR count). The van der Waals surface area contributed by atoms with Crippen LogP contribution < -0.4 is 5.32 Å². The maximum Gasteiger partial charge on any atom is 0.140 e. The first kappa shape index (κ1) is 10.5. The molecule has 1 aromatic rings. The van der Waals surface area contributed by atoms with Crippen molar-refractivity contribution in [1.82, 2.24) is 4.98 Å². The molecule has 70 valence electrons. The van der Waals surface area contributed by atoms with E-state index in [1.54, 1.807) is 6.20 Å². The average Bonchev–Trinajstić information content (AvgIpc) is 2.09. The van der Waals surface area contributed by atoms with Crippen LogP contribution >= 0.6 is 27.5 Å². The Labute approximate surface area is 91.1 Å². The van der Waals surface area contributed by atoms with E-state index in [1.165, 1.54) is 0 Å². The van der Waals surface area contributed by atoms with Crippen LogP contribution in [0.5, 0.6) is 0 Å². The Morgan fingerprint density at radius 2 is 2.46 bits per heavy atom. The Kier molecular flexibility index (Phi) is 4.25. The lowest BCUT2D eigenvalue weighted by Crippen LogP contribution is -2.02. The molecule has 2 nitrogen and oxygen atoms in total. The molecule has 0 spiro atoms. The van der Waals surface area contributed by atoms with Crippen molar-refractivity contribution in [2.45, 2.75) is 6.42 Å². The van der Waals surface area contributed by atoms with Crippen molar-refractivity contribution in [3.05, 3.63) is 34.4 Å². The van der Waals surface area contributed by atoms with E-state index in [1.807, 2.05) is 12.1 Å². The van der Waals surface area contributed by atoms with Crippen molar-refractivity contribution in [3.63, 3.8) is 0 Å². The third kappa shape index (κ3) is 3.36. The second-order valence-corrected chi connectivity index (χ2v) is 3.78. The molecule has 0 bridgehead atoms. The van der Waals surface area contributed by atoms with Gasteiger partial charge in [-0.1, -0.05) is 17.7 Å². The lowest BCUT2D eigenvalue weighted by atomic mass is 10.4. The maximum atomic E-state index is 5.74. The molecule has 0 aliphatic carbocycles. The fraction of sp³-hybridized carbons (Fsp3) is 0.222. The van der Waals surface area contributed by atoms with Crippen LogP contribution in [0.1, 0.15) is 6.42 Å². The molecule has 0 amide bonds. The van der Waals surface area contributed by atoms with Crippen molar-refractivity contribution in [2.24, 2.45) is 0 Å². The average molecular weight is 262 g/mol. The van der Waals surface area contributed by atoms with Crippen molar-refractivity contribution in [2.75, 3.05) is 11.9 Å². The number of rotatable bonds is 4. The number of hydrogen-bond donors (Lipinski definition) is 1. The predicted octanol–water partition coefficient (Wildman–Crippen LogP) is 3.49. The first-order valence-corrected chi connectivity index (χ1v) is 5.07. The van der Waals surface area contributed by atoms with E-state index in [9.17, 15) is 0 Å². The van der Waals surface area contributed by atoms with Gasteiger partial charge >= 0.3 is 0 Å². The van der Waals surface area contributed by atoms with Gasteiger partial charge in [0.25, 0.3) is 0 Å². The van der Waals surface area contributed by atoms with Crippen molar-refractivity contribution in [3.8, 4) is 0 Å². The fourth-order valence-corrected chi connectivity index (χ4v) is 1.62. The number of aromatic nitrogens is 1. The molecule has 0 radical (unpaired) electrons. The van der Waals surface area contributed by atoms with Crippen LogP contribution in [0.25, 0.3) is 0 Å². The molecule has 0 aliphatic heterocycles. The Morgan fingerprint density at radius 3 is 3.08 bits per heavy atom. The van der Waals surface area contributed by atoms with Crippen molar-refractivity contribution < 1.29 is 0 Å². The van der Waals surface area contributed by atoms with Gasteiger partial charge in [0.05, 0.1) is 9.50 Å². The largest absolute Gasteiger partial charge is 0.369 e. The van der Waals surface area contributed by atoms with Crippen LogP contribution in [0, 0.1) is 0 Å². The second kappa shape index (κ2) is 5.25. The summed E-state index contributed by atoms with van der Waals surface area (Å²) in [4.78, 5) is 4.13. The Bertz CT molecular complexity index is 302. The normalized spacial score (nSPS) is 9.69. The lowest BCUT2D eigenvalue weighted by molar-refractivity contribution is 1.05. The SMILES string of the molecule is C=CCCNc1ncc(Cl)cc1Br. The minimum absolute atomic E-state index is 0.626. The molecule has 0 aromatic carbocycles. The monoisotopic (exact) mass is 260 g/mol. The van der Waals surface area contributed by atoms with Crippen LogP contribution in [-0.2, 0) is 0 Å². The summed E-state index contributed by atoms with van der Waals surface area (Å²) in [5, 5.41) is 3.78. The number of anilines is 1. The van der Waals surface area contributed by atoms with Gasteiger partial charge in [0.1, 0.15) is 5.82 Å². The molecule has 1 heterocycles. The topological polar surface area (TPSA) is 24.9 Å². The smallest absolute Gasteiger partial charge is 0.140 e. The summed E-state index contributed by atoms with van der Waals surface area (Å²) in [5.74, 6) is 0.811. The lowest BCUT2D eigenvalue weighted by Gasteiger charge is -2.05. The third-order valence-corrected chi connectivity index (χ3v) is 2.26. The second-order valence-electron chi connectivity index (χ2n) is 2.49. The van der Waals surface area contributed by atoms with E-state index in [4.69, 9.17) is 11.6 Å². The Hall–Kier alpha value is -0.540. The molecule has 0 atom stereocenters. The molecule has 0 saturated heterocycles. The molecule has 4 heteroatoms. The van der Waals surface area contributed by atoms with Gasteiger partial charge < -0.3 is 5.32 Å². The third-order valence-electron chi connectivity index (χ3n) is 1.45. The minimum Gasteiger partial charge on any atom is -0.369 e.